The summed E-state index contributed by atoms with van der Waals surface area (Å²) in [5.41, 5.74) is -0.961. The van der Waals surface area contributed by atoms with Crippen LogP contribution < -0.4 is 10.6 Å². The van der Waals surface area contributed by atoms with Gasteiger partial charge in [0, 0.05) is 23.7 Å². The highest BCUT2D eigenvalue weighted by atomic mass is 32.1. The van der Waals surface area contributed by atoms with Gasteiger partial charge >= 0.3 is 18.0 Å². The molecule has 1 fully saturated rings. The second-order valence-electron chi connectivity index (χ2n) is 6.92. The minimum absolute atomic E-state index is 0.0735. The van der Waals surface area contributed by atoms with Gasteiger partial charge in [-0.3, -0.25) is 9.59 Å². The van der Waals surface area contributed by atoms with Crippen LogP contribution in [0.15, 0.2) is 41.8 Å². The van der Waals surface area contributed by atoms with Gasteiger partial charge in [-0.15, -0.1) is 11.3 Å². The summed E-state index contributed by atoms with van der Waals surface area (Å²) in [6.45, 7) is 2.78. The van der Waals surface area contributed by atoms with Gasteiger partial charge in [0.2, 0.25) is 0 Å². The van der Waals surface area contributed by atoms with E-state index in [9.17, 15) is 22.8 Å². The van der Waals surface area contributed by atoms with E-state index in [0.29, 0.717) is 19.0 Å². The number of thiophene rings is 1. The number of rotatable bonds is 5. The fraction of sp³-hybridized carbons (Fsp3) is 0.400. The summed E-state index contributed by atoms with van der Waals surface area (Å²) in [5.74, 6) is -1.27. The molecule has 0 saturated carbocycles. The molecule has 1 aromatic heterocycles. The van der Waals surface area contributed by atoms with E-state index in [1.54, 1.807) is 11.3 Å². The lowest BCUT2D eigenvalue weighted by atomic mass is 9.95. The van der Waals surface area contributed by atoms with E-state index in [2.05, 4.69) is 33.0 Å². The van der Waals surface area contributed by atoms with E-state index < -0.39 is 23.6 Å². The maximum absolute atomic E-state index is 12.7. The lowest BCUT2D eigenvalue weighted by Gasteiger charge is -2.31. The second-order valence-corrected chi connectivity index (χ2v) is 7.90. The Kier molecular flexibility index (Phi) is 6.92. The summed E-state index contributed by atoms with van der Waals surface area (Å²) in [4.78, 5) is 27.5. The molecule has 0 unspecified atom stereocenters. The van der Waals surface area contributed by atoms with Crippen molar-refractivity contribution in [3.8, 4) is 0 Å². The molecule has 0 bridgehead atoms. The minimum Gasteiger partial charge on any atom is -0.347 e. The maximum atomic E-state index is 12.7. The smallest absolute Gasteiger partial charge is 0.347 e. The number of carbonyl (C=O) groups excluding carboxylic acids is 2. The Balaban J connectivity index is 1.39. The normalized spacial score (nSPS) is 15.8. The third kappa shape index (κ3) is 6.04. The largest absolute Gasteiger partial charge is 0.416 e. The molecule has 0 atom stereocenters. The number of hydrogen-bond donors (Lipinski definition) is 2. The number of hydrogen-bond acceptors (Lipinski definition) is 4. The van der Waals surface area contributed by atoms with Crippen LogP contribution in [0.5, 0.6) is 0 Å². The SMILES string of the molecule is O=C(NCCN1CCC(c2cccs2)CC1)C(=O)Nc1cccc(C(F)(F)F)c1. The van der Waals surface area contributed by atoms with Gasteiger partial charge in [0.05, 0.1) is 5.56 Å². The molecule has 5 nitrogen and oxygen atoms in total. The number of carbonyl (C=O) groups is 2. The Morgan fingerprint density at radius 3 is 2.52 bits per heavy atom. The number of piperidine rings is 1. The summed E-state index contributed by atoms with van der Waals surface area (Å²) >= 11 is 1.78. The van der Waals surface area contributed by atoms with Gasteiger partial charge in [-0.05, 0) is 61.5 Å². The van der Waals surface area contributed by atoms with Crippen LogP contribution in [0.1, 0.15) is 29.2 Å². The number of halogens is 3. The molecule has 2 amide bonds. The maximum Gasteiger partial charge on any atom is 0.416 e. The lowest BCUT2D eigenvalue weighted by molar-refractivity contribution is -0.137. The molecule has 0 aliphatic carbocycles. The zero-order valence-corrected chi connectivity index (χ0v) is 16.5. The number of likely N-dealkylation sites (tertiary alicyclic amines) is 1. The van der Waals surface area contributed by atoms with Crippen molar-refractivity contribution in [2.75, 3.05) is 31.5 Å². The van der Waals surface area contributed by atoms with Crippen molar-refractivity contribution in [2.45, 2.75) is 24.9 Å². The molecular weight excluding hydrogens is 403 g/mol. The van der Waals surface area contributed by atoms with Crippen LogP contribution in [-0.4, -0.2) is 42.9 Å². The number of amides is 2. The molecule has 2 N–H and O–H groups in total. The van der Waals surface area contributed by atoms with Gasteiger partial charge in [-0.2, -0.15) is 13.2 Å². The van der Waals surface area contributed by atoms with E-state index in [1.807, 2.05) is 0 Å². The van der Waals surface area contributed by atoms with Crippen LogP contribution in [0, 0.1) is 0 Å². The molecular formula is C20H22F3N3O2S. The Bertz CT molecular complexity index is 832. The van der Waals surface area contributed by atoms with Gasteiger partial charge in [-0.25, -0.2) is 0 Å². The first-order chi connectivity index (χ1) is 13.8. The second kappa shape index (κ2) is 9.41. The van der Waals surface area contributed by atoms with E-state index in [1.165, 1.54) is 17.0 Å². The van der Waals surface area contributed by atoms with Crippen molar-refractivity contribution >= 4 is 28.8 Å². The molecule has 9 heteroatoms. The highest BCUT2D eigenvalue weighted by molar-refractivity contribution is 7.10. The third-order valence-electron chi connectivity index (χ3n) is 4.90. The Hall–Kier alpha value is -2.39. The molecule has 0 spiro atoms. The number of benzene rings is 1. The molecule has 1 aliphatic rings. The van der Waals surface area contributed by atoms with Crippen LogP contribution in [0.25, 0.3) is 0 Å². The molecule has 0 radical (unpaired) electrons. The Morgan fingerprint density at radius 2 is 1.86 bits per heavy atom. The molecule has 1 aliphatic heterocycles. The first-order valence-corrected chi connectivity index (χ1v) is 10.2. The number of anilines is 1. The monoisotopic (exact) mass is 425 g/mol. The average Bonchev–Trinajstić information content (AvgIpc) is 3.23. The molecule has 1 saturated heterocycles. The van der Waals surface area contributed by atoms with Gasteiger partial charge in [0.15, 0.2) is 0 Å². The molecule has 29 heavy (non-hydrogen) atoms. The van der Waals surface area contributed by atoms with Crippen molar-refractivity contribution in [1.29, 1.82) is 0 Å². The fourth-order valence-electron chi connectivity index (χ4n) is 3.33. The van der Waals surface area contributed by atoms with E-state index in [4.69, 9.17) is 0 Å². The van der Waals surface area contributed by atoms with Gasteiger partial charge < -0.3 is 15.5 Å². The number of nitrogens with zero attached hydrogens (tertiary/aromatic N) is 1. The first-order valence-electron chi connectivity index (χ1n) is 9.35. The topological polar surface area (TPSA) is 61.4 Å². The Labute approximate surface area is 170 Å². The van der Waals surface area contributed by atoms with Gasteiger partial charge in [0.1, 0.15) is 0 Å². The van der Waals surface area contributed by atoms with Gasteiger partial charge in [0.25, 0.3) is 0 Å². The van der Waals surface area contributed by atoms with Crippen molar-refractivity contribution in [2.24, 2.45) is 0 Å². The quantitative estimate of drug-likeness (QED) is 0.718. The molecule has 2 heterocycles. The summed E-state index contributed by atoms with van der Waals surface area (Å²) in [7, 11) is 0. The van der Waals surface area contributed by atoms with Crippen molar-refractivity contribution in [3.05, 3.63) is 52.2 Å². The standard InChI is InChI=1S/C20H22F3N3O2S/c21-20(22,23)15-3-1-4-16(13-15)25-19(28)18(27)24-8-11-26-9-6-14(7-10-26)17-5-2-12-29-17/h1-5,12-14H,6-11H2,(H,24,27)(H,25,28). The lowest BCUT2D eigenvalue weighted by Crippen LogP contribution is -2.42. The molecule has 156 valence electrons. The predicted octanol–water partition coefficient (Wildman–Crippen LogP) is 3.70. The van der Waals surface area contributed by atoms with Crippen molar-refractivity contribution in [1.82, 2.24) is 10.2 Å². The molecule has 3 rings (SSSR count). The predicted molar refractivity (Wildman–Crippen MR) is 106 cm³/mol. The summed E-state index contributed by atoms with van der Waals surface area (Å²) < 4.78 is 38.1. The van der Waals surface area contributed by atoms with Gasteiger partial charge in [-0.1, -0.05) is 12.1 Å². The summed E-state index contributed by atoms with van der Waals surface area (Å²) in [5, 5.41) is 6.81. The molecule has 2 aromatic rings. The third-order valence-corrected chi connectivity index (χ3v) is 5.94. The highest BCUT2D eigenvalue weighted by Gasteiger charge is 2.30. The van der Waals surface area contributed by atoms with Crippen LogP contribution in [0.4, 0.5) is 18.9 Å². The van der Waals surface area contributed by atoms with E-state index in [-0.39, 0.29) is 5.69 Å². The highest BCUT2D eigenvalue weighted by Crippen LogP contribution is 2.31. The number of nitrogens with one attached hydrogen (secondary N) is 2. The first kappa shape index (κ1) is 21.3. The van der Waals surface area contributed by atoms with Crippen molar-refractivity contribution in [3.63, 3.8) is 0 Å². The summed E-state index contributed by atoms with van der Waals surface area (Å²) in [6, 6.07) is 8.40. The van der Waals surface area contributed by atoms with E-state index >= 15 is 0 Å². The van der Waals surface area contributed by atoms with Crippen LogP contribution in [0.3, 0.4) is 0 Å². The summed E-state index contributed by atoms with van der Waals surface area (Å²) in [6.07, 6.45) is -2.39. The zero-order chi connectivity index (χ0) is 20.9. The fourth-order valence-corrected chi connectivity index (χ4v) is 4.23. The van der Waals surface area contributed by atoms with Crippen LogP contribution >= 0.6 is 11.3 Å². The zero-order valence-electron chi connectivity index (χ0n) is 15.7. The minimum atomic E-state index is -4.51. The van der Waals surface area contributed by atoms with Crippen molar-refractivity contribution < 1.29 is 22.8 Å². The average molecular weight is 425 g/mol. The van der Waals surface area contributed by atoms with Crippen LogP contribution in [-0.2, 0) is 15.8 Å². The Morgan fingerprint density at radius 1 is 1.10 bits per heavy atom. The van der Waals surface area contributed by atoms with Crippen LogP contribution in [0.2, 0.25) is 0 Å². The molecule has 1 aromatic carbocycles. The number of alkyl halides is 3. The van der Waals surface area contributed by atoms with E-state index in [0.717, 1.165) is 38.1 Å².